The first-order valence-corrected chi connectivity index (χ1v) is 8.97. The zero-order chi connectivity index (χ0) is 17.1. The first kappa shape index (κ1) is 15.9. The van der Waals surface area contributed by atoms with Crippen molar-refractivity contribution in [3.63, 3.8) is 0 Å². The van der Waals surface area contributed by atoms with Crippen molar-refractivity contribution in [3.05, 3.63) is 36.4 Å². The molecule has 1 aliphatic rings. The molecule has 0 unspecified atom stereocenters. The summed E-state index contributed by atoms with van der Waals surface area (Å²) in [6.07, 6.45) is 8.65. The topological polar surface area (TPSA) is 83.8 Å². The molecule has 2 N–H and O–H groups in total. The third-order valence-corrected chi connectivity index (χ3v) is 4.82. The van der Waals surface area contributed by atoms with Gasteiger partial charge in [0, 0.05) is 36.2 Å². The molecule has 3 aromatic rings. The Kier molecular flexibility index (Phi) is 4.50. The number of nitrogens with zero attached hydrogens (tertiary/aromatic N) is 2. The summed E-state index contributed by atoms with van der Waals surface area (Å²) in [5.41, 5.74) is 1.94. The lowest BCUT2D eigenvalue weighted by Gasteiger charge is -2.22. The lowest BCUT2D eigenvalue weighted by atomic mass is 9.95. The first-order chi connectivity index (χ1) is 12.3. The van der Waals surface area contributed by atoms with Crippen LogP contribution in [0.1, 0.15) is 44.4 Å². The Hall–Kier alpha value is -2.63. The fourth-order valence-corrected chi connectivity index (χ4v) is 3.43. The van der Waals surface area contributed by atoms with E-state index < -0.39 is 0 Å². The van der Waals surface area contributed by atoms with Crippen LogP contribution in [0.4, 0.5) is 0 Å². The Morgan fingerprint density at radius 3 is 3.00 bits per heavy atom. The maximum atomic E-state index is 12.1. The van der Waals surface area contributed by atoms with Gasteiger partial charge >= 0.3 is 0 Å². The zero-order valence-corrected chi connectivity index (χ0v) is 14.1. The van der Waals surface area contributed by atoms with Gasteiger partial charge in [0.15, 0.2) is 0 Å². The molecule has 0 radical (unpaired) electrons. The Morgan fingerprint density at radius 1 is 1.24 bits per heavy atom. The van der Waals surface area contributed by atoms with Gasteiger partial charge in [-0.05, 0) is 30.4 Å². The van der Waals surface area contributed by atoms with Crippen LogP contribution in [-0.2, 0) is 11.2 Å². The summed E-state index contributed by atoms with van der Waals surface area (Å²) >= 11 is 0. The van der Waals surface area contributed by atoms with E-state index in [4.69, 9.17) is 4.52 Å². The Labute approximate surface area is 146 Å². The van der Waals surface area contributed by atoms with Crippen molar-refractivity contribution in [2.24, 2.45) is 0 Å². The zero-order valence-electron chi connectivity index (χ0n) is 14.1. The number of hydrogen-bond acceptors (Lipinski definition) is 4. The van der Waals surface area contributed by atoms with Crippen molar-refractivity contribution in [2.45, 2.75) is 51.0 Å². The normalized spacial score (nSPS) is 15.5. The number of carbonyl (C=O) groups is 1. The minimum atomic E-state index is 0.0689. The fourth-order valence-electron chi connectivity index (χ4n) is 3.43. The maximum Gasteiger partial charge on any atom is 0.227 e. The van der Waals surface area contributed by atoms with E-state index in [1.807, 2.05) is 30.5 Å². The minimum Gasteiger partial charge on any atom is -0.361 e. The highest BCUT2D eigenvalue weighted by atomic mass is 16.5. The molecule has 1 aromatic carbocycles. The number of fused-ring (bicyclic) bond motifs is 1. The smallest absolute Gasteiger partial charge is 0.227 e. The van der Waals surface area contributed by atoms with Crippen LogP contribution in [0.2, 0.25) is 0 Å². The number of amides is 1. The summed E-state index contributed by atoms with van der Waals surface area (Å²) in [5, 5.41) is 8.30. The highest BCUT2D eigenvalue weighted by Crippen LogP contribution is 2.22. The van der Waals surface area contributed by atoms with Crippen LogP contribution in [0.25, 0.3) is 22.3 Å². The Morgan fingerprint density at radius 2 is 2.12 bits per heavy atom. The van der Waals surface area contributed by atoms with E-state index in [1.54, 1.807) is 0 Å². The first-order valence-electron chi connectivity index (χ1n) is 8.97. The van der Waals surface area contributed by atoms with Gasteiger partial charge in [0.05, 0.1) is 0 Å². The largest absolute Gasteiger partial charge is 0.361 e. The molecule has 2 heterocycles. The number of H-pyrrole nitrogens is 1. The molecule has 2 aromatic heterocycles. The average molecular weight is 338 g/mol. The lowest BCUT2D eigenvalue weighted by molar-refractivity contribution is -0.122. The standard InChI is InChI=1S/C19H22N4O2/c24-17(21-15-4-2-1-3-5-15)8-9-18-22-19(23-25-18)14-7-6-13-10-11-20-16(13)12-14/h6-7,10-12,15,20H,1-5,8-9H2,(H,21,24). The van der Waals surface area contributed by atoms with Gasteiger partial charge < -0.3 is 14.8 Å². The molecule has 6 heteroatoms. The van der Waals surface area contributed by atoms with Crippen LogP contribution >= 0.6 is 0 Å². The highest BCUT2D eigenvalue weighted by Gasteiger charge is 2.16. The number of carbonyl (C=O) groups excluding carboxylic acids is 1. The number of hydrogen-bond donors (Lipinski definition) is 2. The number of nitrogens with one attached hydrogen (secondary N) is 2. The van der Waals surface area contributed by atoms with Gasteiger partial charge in [0.2, 0.25) is 17.6 Å². The van der Waals surface area contributed by atoms with Crippen LogP contribution in [0.3, 0.4) is 0 Å². The van der Waals surface area contributed by atoms with E-state index in [9.17, 15) is 4.79 Å². The van der Waals surface area contributed by atoms with Crippen LogP contribution < -0.4 is 5.32 Å². The predicted octanol–water partition coefficient (Wildman–Crippen LogP) is 3.60. The van der Waals surface area contributed by atoms with Gasteiger partial charge in [0.1, 0.15) is 0 Å². The van der Waals surface area contributed by atoms with Crippen LogP contribution in [0.5, 0.6) is 0 Å². The molecule has 0 spiro atoms. The van der Waals surface area contributed by atoms with Crippen LogP contribution in [-0.4, -0.2) is 27.1 Å². The monoisotopic (exact) mass is 338 g/mol. The van der Waals surface area contributed by atoms with E-state index in [0.717, 1.165) is 29.3 Å². The predicted molar refractivity (Wildman–Crippen MR) is 94.9 cm³/mol. The number of rotatable bonds is 5. The van der Waals surface area contributed by atoms with Gasteiger partial charge in [-0.3, -0.25) is 4.79 Å². The molecule has 6 nitrogen and oxygen atoms in total. The summed E-state index contributed by atoms with van der Waals surface area (Å²) < 4.78 is 5.30. The second-order valence-corrected chi connectivity index (χ2v) is 6.69. The van der Waals surface area contributed by atoms with Crippen molar-refractivity contribution in [3.8, 4) is 11.4 Å². The third kappa shape index (κ3) is 3.73. The molecule has 1 aliphatic carbocycles. The number of benzene rings is 1. The summed E-state index contributed by atoms with van der Waals surface area (Å²) in [4.78, 5) is 19.7. The van der Waals surface area contributed by atoms with E-state index in [2.05, 4.69) is 20.4 Å². The Bertz CT molecular complexity index is 861. The SMILES string of the molecule is O=C(CCc1nc(-c2ccc3cc[nH]c3c2)no1)NC1CCCCC1. The molecule has 1 fully saturated rings. The van der Waals surface area contributed by atoms with Crippen LogP contribution in [0.15, 0.2) is 35.0 Å². The van der Waals surface area contributed by atoms with Crippen molar-refractivity contribution in [1.29, 1.82) is 0 Å². The average Bonchev–Trinajstić information content (AvgIpc) is 3.29. The molecular weight excluding hydrogens is 316 g/mol. The molecule has 130 valence electrons. The molecular formula is C19H22N4O2. The molecule has 1 amide bonds. The quantitative estimate of drug-likeness (QED) is 0.744. The van der Waals surface area contributed by atoms with Crippen LogP contribution in [0, 0.1) is 0 Å². The fraction of sp³-hybridized carbons (Fsp3) is 0.421. The van der Waals surface area contributed by atoms with Gasteiger partial charge in [-0.2, -0.15) is 4.98 Å². The summed E-state index contributed by atoms with van der Waals surface area (Å²) in [6, 6.07) is 8.35. The maximum absolute atomic E-state index is 12.1. The van der Waals surface area contributed by atoms with E-state index >= 15 is 0 Å². The molecule has 4 rings (SSSR count). The summed E-state index contributed by atoms with van der Waals surface area (Å²) in [6.45, 7) is 0. The Balaban J connectivity index is 1.35. The molecule has 0 bridgehead atoms. The number of aryl methyl sites for hydroxylation is 1. The van der Waals surface area contributed by atoms with Crippen molar-refractivity contribution in [1.82, 2.24) is 20.4 Å². The van der Waals surface area contributed by atoms with E-state index in [1.165, 1.54) is 19.3 Å². The second kappa shape index (κ2) is 7.09. The molecule has 1 saturated carbocycles. The third-order valence-electron chi connectivity index (χ3n) is 4.82. The molecule has 0 aliphatic heterocycles. The highest BCUT2D eigenvalue weighted by molar-refractivity contribution is 5.83. The van der Waals surface area contributed by atoms with E-state index in [0.29, 0.717) is 30.6 Å². The number of aromatic nitrogens is 3. The lowest BCUT2D eigenvalue weighted by Crippen LogP contribution is -2.36. The second-order valence-electron chi connectivity index (χ2n) is 6.69. The summed E-state index contributed by atoms with van der Waals surface area (Å²) in [5.74, 6) is 1.12. The minimum absolute atomic E-state index is 0.0689. The molecule has 0 atom stereocenters. The molecule has 0 saturated heterocycles. The summed E-state index contributed by atoms with van der Waals surface area (Å²) in [7, 11) is 0. The van der Waals surface area contributed by atoms with Gasteiger partial charge in [0.25, 0.3) is 0 Å². The number of aromatic amines is 1. The van der Waals surface area contributed by atoms with E-state index in [-0.39, 0.29) is 5.91 Å². The van der Waals surface area contributed by atoms with Crippen molar-refractivity contribution >= 4 is 16.8 Å². The van der Waals surface area contributed by atoms with Gasteiger partial charge in [-0.25, -0.2) is 0 Å². The van der Waals surface area contributed by atoms with Crippen molar-refractivity contribution in [2.75, 3.05) is 0 Å². The van der Waals surface area contributed by atoms with Gasteiger partial charge in [-0.1, -0.05) is 36.6 Å². The van der Waals surface area contributed by atoms with Gasteiger partial charge in [-0.15, -0.1) is 0 Å². The molecule has 25 heavy (non-hydrogen) atoms. The van der Waals surface area contributed by atoms with Crippen molar-refractivity contribution < 1.29 is 9.32 Å².